The number of hydrogen-bond donors (Lipinski definition) is 1. The highest BCUT2D eigenvalue weighted by Crippen LogP contribution is 2.17. The highest BCUT2D eigenvalue weighted by Gasteiger charge is 2.15. The molecule has 1 atom stereocenters. The van der Waals surface area contributed by atoms with E-state index in [0.717, 1.165) is 12.3 Å². The van der Waals surface area contributed by atoms with Crippen LogP contribution in [0.4, 0.5) is 8.78 Å². The quantitative estimate of drug-likeness (QED) is 0.814. The molecule has 1 aromatic rings. The first-order valence-electron chi connectivity index (χ1n) is 6.32. The first-order valence-corrected chi connectivity index (χ1v) is 7.37. The molecule has 0 saturated heterocycles. The van der Waals surface area contributed by atoms with Crippen LogP contribution < -0.4 is 5.32 Å². The number of likely N-dealkylation sites (N-methyl/N-ethyl adjacent to an activating group) is 1. The van der Waals surface area contributed by atoms with Crippen LogP contribution in [-0.2, 0) is 6.42 Å². The van der Waals surface area contributed by atoms with E-state index < -0.39 is 11.6 Å². The molecular weight excluding hydrogens is 252 g/mol. The predicted octanol–water partition coefficient (Wildman–Crippen LogP) is 3.63. The minimum absolute atomic E-state index is 0.105. The Morgan fingerprint density at radius 3 is 2.33 bits per heavy atom. The zero-order chi connectivity index (χ0) is 13.5. The molecule has 102 valence electrons. The van der Waals surface area contributed by atoms with Crippen molar-refractivity contribution in [2.75, 3.05) is 12.3 Å². The van der Waals surface area contributed by atoms with Gasteiger partial charge in [0, 0.05) is 17.4 Å². The lowest BCUT2D eigenvalue weighted by molar-refractivity contribution is 0.511. The Bertz CT molecular complexity index is 349. The summed E-state index contributed by atoms with van der Waals surface area (Å²) in [7, 11) is 0. The van der Waals surface area contributed by atoms with Crippen molar-refractivity contribution in [3.05, 3.63) is 35.4 Å². The van der Waals surface area contributed by atoms with Crippen molar-refractivity contribution in [2.24, 2.45) is 0 Å². The van der Waals surface area contributed by atoms with Crippen LogP contribution in [0.25, 0.3) is 0 Å². The summed E-state index contributed by atoms with van der Waals surface area (Å²) in [5.74, 6) is -0.0425. The Labute approximate surface area is 112 Å². The number of thioether (sulfide) groups is 1. The molecule has 0 aliphatic rings. The summed E-state index contributed by atoms with van der Waals surface area (Å²) >= 11 is 1.80. The average Bonchev–Trinajstić information content (AvgIpc) is 2.30. The predicted molar refractivity (Wildman–Crippen MR) is 75.1 cm³/mol. The number of rotatable bonds is 7. The third kappa shape index (κ3) is 4.94. The van der Waals surface area contributed by atoms with Gasteiger partial charge >= 0.3 is 0 Å². The van der Waals surface area contributed by atoms with Gasteiger partial charge in [0.15, 0.2) is 0 Å². The number of halogens is 2. The summed E-state index contributed by atoms with van der Waals surface area (Å²) < 4.78 is 27.2. The molecule has 0 heterocycles. The number of hydrogen-bond acceptors (Lipinski definition) is 2. The van der Waals surface area contributed by atoms with Crippen LogP contribution in [0.5, 0.6) is 0 Å². The van der Waals surface area contributed by atoms with Crippen LogP contribution in [0.2, 0.25) is 0 Å². The van der Waals surface area contributed by atoms with Gasteiger partial charge in [-0.15, -0.1) is 0 Å². The molecule has 1 nitrogen and oxygen atoms in total. The first-order chi connectivity index (χ1) is 8.54. The topological polar surface area (TPSA) is 12.0 Å². The summed E-state index contributed by atoms with van der Waals surface area (Å²) in [5.41, 5.74) is 0.188. The van der Waals surface area contributed by atoms with Gasteiger partial charge in [0.1, 0.15) is 11.6 Å². The molecule has 0 radical (unpaired) electrons. The zero-order valence-corrected chi connectivity index (χ0v) is 12.0. The van der Waals surface area contributed by atoms with Crippen LogP contribution in [0.3, 0.4) is 0 Å². The normalized spacial score (nSPS) is 13.0. The van der Waals surface area contributed by atoms with Crippen LogP contribution >= 0.6 is 11.8 Å². The van der Waals surface area contributed by atoms with Gasteiger partial charge in [-0.2, -0.15) is 11.8 Å². The van der Waals surface area contributed by atoms with Gasteiger partial charge in [0.2, 0.25) is 0 Å². The molecule has 0 saturated carbocycles. The van der Waals surface area contributed by atoms with Gasteiger partial charge in [-0.3, -0.25) is 0 Å². The lowest BCUT2D eigenvalue weighted by Gasteiger charge is -2.19. The maximum Gasteiger partial charge on any atom is 0.129 e. The second kappa shape index (κ2) is 7.74. The molecule has 0 bridgehead atoms. The number of benzene rings is 1. The maximum atomic E-state index is 13.6. The van der Waals surface area contributed by atoms with E-state index >= 15 is 0 Å². The molecule has 1 N–H and O–H groups in total. The fourth-order valence-electron chi connectivity index (χ4n) is 1.76. The second-order valence-electron chi connectivity index (χ2n) is 4.54. The molecule has 0 fully saturated rings. The van der Waals surface area contributed by atoms with E-state index in [2.05, 4.69) is 19.2 Å². The Hall–Kier alpha value is -0.610. The Kier molecular flexibility index (Phi) is 6.65. The molecule has 18 heavy (non-hydrogen) atoms. The first kappa shape index (κ1) is 15.4. The minimum atomic E-state index is -0.451. The van der Waals surface area contributed by atoms with Gasteiger partial charge in [0.25, 0.3) is 0 Å². The summed E-state index contributed by atoms with van der Waals surface area (Å²) in [6.07, 6.45) is 0.395. The fraction of sp³-hybridized carbons (Fsp3) is 0.571. The molecule has 1 rings (SSSR count). The van der Waals surface area contributed by atoms with Crippen LogP contribution in [0, 0.1) is 11.6 Å². The van der Waals surface area contributed by atoms with Crippen molar-refractivity contribution in [1.82, 2.24) is 5.32 Å². The van der Waals surface area contributed by atoms with Gasteiger partial charge in [0.05, 0.1) is 0 Å². The summed E-state index contributed by atoms with van der Waals surface area (Å²) in [6, 6.07) is 4.14. The minimum Gasteiger partial charge on any atom is -0.313 e. The average molecular weight is 273 g/mol. The van der Waals surface area contributed by atoms with Crippen LogP contribution in [0.15, 0.2) is 18.2 Å². The van der Waals surface area contributed by atoms with Gasteiger partial charge < -0.3 is 5.32 Å². The van der Waals surface area contributed by atoms with E-state index in [9.17, 15) is 8.78 Å². The summed E-state index contributed by atoms with van der Waals surface area (Å²) in [5, 5.41) is 3.81. The molecule has 1 aromatic carbocycles. The molecular formula is C14H21F2NS. The van der Waals surface area contributed by atoms with E-state index in [-0.39, 0.29) is 11.6 Å². The molecule has 4 heteroatoms. The zero-order valence-electron chi connectivity index (χ0n) is 11.2. The number of nitrogens with one attached hydrogen (secondary N) is 1. The Balaban J connectivity index is 2.70. The van der Waals surface area contributed by atoms with Crippen molar-refractivity contribution in [3.63, 3.8) is 0 Å². The summed E-state index contributed by atoms with van der Waals surface area (Å²) in [6.45, 7) is 7.05. The lowest BCUT2D eigenvalue weighted by atomic mass is 10.1. The van der Waals surface area contributed by atoms with Gasteiger partial charge in [-0.1, -0.05) is 26.8 Å². The Morgan fingerprint density at radius 1 is 1.22 bits per heavy atom. The van der Waals surface area contributed by atoms with E-state index in [1.807, 2.05) is 6.92 Å². The van der Waals surface area contributed by atoms with Gasteiger partial charge in [-0.05, 0) is 30.3 Å². The fourth-order valence-corrected chi connectivity index (χ4v) is 2.61. The molecule has 0 aliphatic carbocycles. The van der Waals surface area contributed by atoms with E-state index in [4.69, 9.17) is 0 Å². The molecule has 0 amide bonds. The second-order valence-corrected chi connectivity index (χ2v) is 6.15. The molecule has 1 unspecified atom stereocenters. The van der Waals surface area contributed by atoms with Crippen molar-refractivity contribution in [2.45, 2.75) is 38.5 Å². The maximum absolute atomic E-state index is 13.6. The molecule has 0 spiro atoms. The molecule has 0 aromatic heterocycles. The van der Waals surface area contributed by atoms with Crippen LogP contribution in [-0.4, -0.2) is 23.6 Å². The Morgan fingerprint density at radius 2 is 1.83 bits per heavy atom. The highest BCUT2D eigenvalue weighted by molar-refractivity contribution is 7.99. The van der Waals surface area contributed by atoms with Crippen molar-refractivity contribution in [3.8, 4) is 0 Å². The standard InChI is InChI=1S/C14H21F2NS/c1-4-17-11(9-18-10(2)3)8-12-13(15)6-5-7-14(12)16/h5-7,10-11,17H,4,8-9H2,1-3H3. The van der Waals surface area contributed by atoms with Crippen molar-refractivity contribution in [1.29, 1.82) is 0 Å². The third-order valence-corrected chi connectivity index (χ3v) is 3.90. The lowest BCUT2D eigenvalue weighted by Crippen LogP contribution is -2.34. The van der Waals surface area contributed by atoms with Crippen molar-refractivity contribution >= 4 is 11.8 Å². The van der Waals surface area contributed by atoms with E-state index in [1.54, 1.807) is 11.8 Å². The van der Waals surface area contributed by atoms with E-state index in [0.29, 0.717) is 11.7 Å². The van der Waals surface area contributed by atoms with Gasteiger partial charge in [-0.25, -0.2) is 8.78 Å². The third-order valence-electron chi connectivity index (χ3n) is 2.64. The summed E-state index contributed by atoms with van der Waals surface area (Å²) in [4.78, 5) is 0. The monoisotopic (exact) mass is 273 g/mol. The van der Waals surface area contributed by atoms with E-state index in [1.165, 1.54) is 18.2 Å². The largest absolute Gasteiger partial charge is 0.313 e. The smallest absolute Gasteiger partial charge is 0.129 e. The molecule has 0 aliphatic heterocycles. The highest BCUT2D eigenvalue weighted by atomic mass is 32.2. The van der Waals surface area contributed by atoms with Crippen molar-refractivity contribution < 1.29 is 8.78 Å². The SMILES string of the molecule is CCNC(CSC(C)C)Cc1c(F)cccc1F. The van der Waals surface area contributed by atoms with Crippen LogP contribution in [0.1, 0.15) is 26.3 Å².